The van der Waals surface area contributed by atoms with Gasteiger partial charge in [-0.05, 0) is 12.8 Å². The number of carbonyl (C=O) groups is 2. The molecule has 1 unspecified atom stereocenters. The van der Waals surface area contributed by atoms with Crippen LogP contribution in [0.25, 0.3) is 0 Å². The molecule has 0 fully saturated rings. The van der Waals surface area contributed by atoms with Gasteiger partial charge in [0.15, 0.2) is 6.10 Å². The van der Waals surface area contributed by atoms with Gasteiger partial charge in [-0.15, -0.1) is 0 Å². The molecule has 0 saturated heterocycles. The molecule has 0 aliphatic heterocycles. The van der Waals surface area contributed by atoms with E-state index in [-0.39, 0.29) is 38.6 Å². The Bertz CT molecular complexity index is 830. The van der Waals surface area contributed by atoms with Crippen LogP contribution in [0.1, 0.15) is 226 Å². The lowest BCUT2D eigenvalue weighted by molar-refractivity contribution is -0.161. The van der Waals surface area contributed by atoms with Crippen LogP contribution in [0.4, 0.5) is 0 Å². The number of esters is 2. The molecule has 0 spiro atoms. The first kappa shape index (κ1) is 51.0. The van der Waals surface area contributed by atoms with Crippen LogP contribution < -0.4 is 5.73 Å². The summed E-state index contributed by atoms with van der Waals surface area (Å²) in [5.41, 5.74) is 5.34. The third kappa shape index (κ3) is 38.7. The topological polar surface area (TPSA) is 134 Å². The first-order valence-corrected chi connectivity index (χ1v) is 23.5. The van der Waals surface area contributed by atoms with E-state index < -0.39 is 26.5 Å². The Hall–Kier alpha value is -0.990. The van der Waals surface area contributed by atoms with Crippen LogP contribution in [0.5, 0.6) is 0 Å². The van der Waals surface area contributed by atoms with Crippen molar-refractivity contribution in [1.82, 2.24) is 0 Å². The van der Waals surface area contributed by atoms with E-state index in [0.717, 1.165) is 32.1 Å². The monoisotopic (exact) mass is 762 g/mol. The summed E-state index contributed by atoms with van der Waals surface area (Å²) in [7, 11) is -4.37. The van der Waals surface area contributed by atoms with E-state index in [2.05, 4.69) is 13.8 Å². The third-order valence-corrected chi connectivity index (χ3v) is 10.7. The number of nitrogens with two attached hydrogens (primary N) is 1. The number of unbranched alkanes of at least 4 members (excludes halogenated alkanes) is 29. The minimum absolute atomic E-state index is 0.0580. The van der Waals surface area contributed by atoms with Crippen LogP contribution in [-0.2, 0) is 32.7 Å². The van der Waals surface area contributed by atoms with Crippen molar-refractivity contribution in [3.05, 3.63) is 0 Å². The zero-order valence-corrected chi connectivity index (χ0v) is 35.0. The molecule has 2 atom stereocenters. The molecule has 0 aliphatic carbocycles. The van der Waals surface area contributed by atoms with E-state index in [1.807, 2.05) is 0 Å². The van der Waals surface area contributed by atoms with Gasteiger partial charge in [0.2, 0.25) is 0 Å². The van der Waals surface area contributed by atoms with Crippen LogP contribution in [-0.4, -0.2) is 49.3 Å². The average Bonchev–Trinajstić information content (AvgIpc) is 3.13. The summed E-state index contributed by atoms with van der Waals surface area (Å²) < 4.78 is 32.8. The lowest BCUT2D eigenvalue weighted by Crippen LogP contribution is -2.29. The molecule has 310 valence electrons. The maximum absolute atomic E-state index is 12.6. The molecule has 0 radical (unpaired) electrons. The molecular weight excluding hydrogens is 677 g/mol. The number of phosphoric ester groups is 1. The van der Waals surface area contributed by atoms with Crippen LogP contribution in [0, 0.1) is 0 Å². The number of rotatable bonds is 42. The van der Waals surface area contributed by atoms with Crippen molar-refractivity contribution in [2.24, 2.45) is 5.73 Å². The summed E-state index contributed by atoms with van der Waals surface area (Å²) in [4.78, 5) is 34.8. The number of carbonyl (C=O) groups excluding carboxylic acids is 2. The maximum Gasteiger partial charge on any atom is 0.472 e. The van der Waals surface area contributed by atoms with Crippen LogP contribution >= 0.6 is 7.82 Å². The van der Waals surface area contributed by atoms with Gasteiger partial charge in [0.1, 0.15) is 6.61 Å². The van der Waals surface area contributed by atoms with E-state index in [1.165, 1.54) is 161 Å². The molecule has 0 aliphatic rings. The highest BCUT2D eigenvalue weighted by Gasteiger charge is 2.26. The Balaban J connectivity index is 4.07. The minimum Gasteiger partial charge on any atom is -0.462 e. The Morgan fingerprint density at radius 1 is 0.500 bits per heavy atom. The van der Waals surface area contributed by atoms with E-state index in [9.17, 15) is 19.0 Å². The maximum atomic E-state index is 12.6. The van der Waals surface area contributed by atoms with Crippen molar-refractivity contribution < 1.29 is 37.6 Å². The lowest BCUT2D eigenvalue weighted by atomic mass is 10.0. The quantitative estimate of drug-likeness (QED) is 0.0354. The van der Waals surface area contributed by atoms with Gasteiger partial charge in [-0.25, -0.2) is 4.57 Å². The second-order valence-electron chi connectivity index (χ2n) is 14.9. The molecule has 52 heavy (non-hydrogen) atoms. The molecule has 10 heteroatoms. The smallest absolute Gasteiger partial charge is 0.462 e. The average molecular weight is 762 g/mol. The first-order valence-electron chi connectivity index (χ1n) is 22.0. The largest absolute Gasteiger partial charge is 0.472 e. The molecule has 0 aromatic carbocycles. The van der Waals surface area contributed by atoms with Crippen LogP contribution in [0.15, 0.2) is 0 Å². The third-order valence-electron chi connectivity index (χ3n) is 9.74. The van der Waals surface area contributed by atoms with Crippen molar-refractivity contribution in [3.63, 3.8) is 0 Å². The second kappa shape index (κ2) is 39.7. The number of ether oxygens (including phenoxy) is 2. The molecule has 0 saturated carbocycles. The minimum atomic E-state index is -4.37. The number of phosphoric acid groups is 1. The second-order valence-corrected chi connectivity index (χ2v) is 16.4. The predicted octanol–water partition coefficient (Wildman–Crippen LogP) is 12.4. The molecule has 0 heterocycles. The fourth-order valence-electron chi connectivity index (χ4n) is 6.46. The molecule has 3 N–H and O–H groups in total. The summed E-state index contributed by atoms with van der Waals surface area (Å²) in [5, 5.41) is 0. The molecule has 0 aromatic rings. The zero-order chi connectivity index (χ0) is 38.2. The predicted molar refractivity (Wildman–Crippen MR) is 215 cm³/mol. The SMILES string of the molecule is CCCCCCCCCCCCCCCCCCCCC(=O)OC[C@H](COP(=O)(O)OCCN)OC(=O)CCCCCCCCCCCCCCC. The van der Waals surface area contributed by atoms with Gasteiger partial charge in [-0.2, -0.15) is 0 Å². The normalized spacial score (nSPS) is 13.2. The lowest BCUT2D eigenvalue weighted by Gasteiger charge is -2.19. The molecular formula is C42H84NO8P. The van der Waals surface area contributed by atoms with Gasteiger partial charge in [-0.1, -0.05) is 200 Å². The summed E-state index contributed by atoms with van der Waals surface area (Å²) >= 11 is 0. The van der Waals surface area contributed by atoms with E-state index in [4.69, 9.17) is 24.3 Å². The van der Waals surface area contributed by atoms with E-state index in [1.54, 1.807) is 0 Å². The first-order chi connectivity index (χ1) is 25.3. The zero-order valence-electron chi connectivity index (χ0n) is 34.1. The highest BCUT2D eigenvalue weighted by atomic mass is 31.2. The summed E-state index contributed by atoms with van der Waals surface area (Å²) in [6.45, 7) is 3.77. The van der Waals surface area contributed by atoms with Crippen molar-refractivity contribution in [2.75, 3.05) is 26.4 Å². The Morgan fingerprint density at radius 2 is 0.827 bits per heavy atom. The Kier molecular flexibility index (Phi) is 38.9. The summed E-state index contributed by atoms with van der Waals surface area (Å²) in [5.74, 6) is -0.813. The van der Waals surface area contributed by atoms with E-state index in [0.29, 0.717) is 6.42 Å². The molecule has 0 bridgehead atoms. The van der Waals surface area contributed by atoms with Gasteiger partial charge in [0.25, 0.3) is 0 Å². The van der Waals surface area contributed by atoms with Gasteiger partial charge in [0.05, 0.1) is 13.2 Å². The van der Waals surface area contributed by atoms with Crippen LogP contribution in [0.3, 0.4) is 0 Å². The number of hydrogen-bond donors (Lipinski definition) is 2. The van der Waals surface area contributed by atoms with Crippen LogP contribution in [0.2, 0.25) is 0 Å². The standard InChI is InChI=1S/C42H84NO8P/c1-3-5-7-9-11-13-15-17-18-19-20-21-23-24-26-28-30-32-34-41(44)48-38-40(39-50-52(46,47)49-37-36-43)51-42(45)35-33-31-29-27-25-22-16-14-12-10-8-6-4-2/h40H,3-39,43H2,1-2H3,(H,46,47)/t40-/m1/s1. The van der Waals surface area contributed by atoms with Crippen molar-refractivity contribution in [3.8, 4) is 0 Å². The molecule has 0 amide bonds. The van der Waals surface area contributed by atoms with Crippen molar-refractivity contribution in [2.45, 2.75) is 232 Å². The summed E-state index contributed by atoms with van der Waals surface area (Å²) in [6.07, 6.45) is 38.4. The highest BCUT2D eigenvalue weighted by Crippen LogP contribution is 2.43. The van der Waals surface area contributed by atoms with Crippen molar-refractivity contribution in [1.29, 1.82) is 0 Å². The molecule has 9 nitrogen and oxygen atoms in total. The van der Waals surface area contributed by atoms with Gasteiger partial charge in [0, 0.05) is 19.4 Å². The van der Waals surface area contributed by atoms with Crippen molar-refractivity contribution >= 4 is 19.8 Å². The van der Waals surface area contributed by atoms with Gasteiger partial charge >= 0.3 is 19.8 Å². The highest BCUT2D eigenvalue weighted by molar-refractivity contribution is 7.47. The summed E-state index contributed by atoms with van der Waals surface area (Å²) in [6, 6.07) is 0. The molecule has 0 aromatic heterocycles. The Labute approximate surface area is 320 Å². The number of hydrogen-bond acceptors (Lipinski definition) is 8. The fourth-order valence-corrected chi connectivity index (χ4v) is 7.23. The fraction of sp³-hybridized carbons (Fsp3) is 0.952. The van der Waals surface area contributed by atoms with Gasteiger partial charge < -0.3 is 20.1 Å². The van der Waals surface area contributed by atoms with Gasteiger partial charge in [-0.3, -0.25) is 18.6 Å². The molecule has 0 rings (SSSR count). The Morgan fingerprint density at radius 3 is 1.17 bits per heavy atom. The van der Waals surface area contributed by atoms with E-state index >= 15 is 0 Å².